The molecule has 0 fully saturated rings. The van der Waals surface area contributed by atoms with Crippen molar-refractivity contribution in [1.29, 1.82) is 0 Å². The molecule has 2 aromatic carbocycles. The summed E-state index contributed by atoms with van der Waals surface area (Å²) in [5.41, 5.74) is 3.27. The molecule has 0 aliphatic heterocycles. The summed E-state index contributed by atoms with van der Waals surface area (Å²) in [6, 6.07) is 14.8. The van der Waals surface area contributed by atoms with E-state index < -0.39 is 12.8 Å². The predicted molar refractivity (Wildman–Crippen MR) is 129 cm³/mol. The van der Waals surface area contributed by atoms with Gasteiger partial charge in [0.25, 0.3) is 0 Å². The highest BCUT2D eigenvalue weighted by molar-refractivity contribution is 14.0. The fraction of sp³-hybridized carbons (Fsp3) is 0.409. The number of ether oxygens (including phenoxy) is 1. The van der Waals surface area contributed by atoms with Crippen molar-refractivity contribution in [3.8, 4) is 5.75 Å². The summed E-state index contributed by atoms with van der Waals surface area (Å²) >= 11 is 0. The number of benzene rings is 2. The summed E-state index contributed by atoms with van der Waals surface area (Å²) in [7, 11) is 4.07. The van der Waals surface area contributed by atoms with Crippen molar-refractivity contribution >= 4 is 29.9 Å². The molecule has 0 aliphatic carbocycles. The molecule has 0 aliphatic rings. The van der Waals surface area contributed by atoms with Crippen molar-refractivity contribution in [2.24, 2.45) is 4.99 Å². The van der Waals surface area contributed by atoms with Crippen LogP contribution in [0.15, 0.2) is 53.5 Å². The van der Waals surface area contributed by atoms with Gasteiger partial charge in [-0.05, 0) is 49.8 Å². The maximum Gasteiger partial charge on any atom is 0.422 e. The predicted octanol–water partition coefficient (Wildman–Crippen LogP) is 4.56. The Balaban J connectivity index is 0.00000480. The second kappa shape index (κ2) is 13.4. The maximum absolute atomic E-state index is 12.2. The van der Waals surface area contributed by atoms with Crippen LogP contribution < -0.4 is 15.4 Å². The maximum atomic E-state index is 12.2. The Bertz CT molecular complexity index is 811. The van der Waals surface area contributed by atoms with E-state index in [1.807, 2.05) is 33.2 Å². The fourth-order valence-corrected chi connectivity index (χ4v) is 2.76. The van der Waals surface area contributed by atoms with Crippen LogP contribution in [0.25, 0.3) is 0 Å². The molecule has 0 aromatic heterocycles. The van der Waals surface area contributed by atoms with Crippen LogP contribution >= 0.6 is 24.0 Å². The molecule has 5 nitrogen and oxygen atoms in total. The molecule has 9 heteroatoms. The molecule has 0 saturated carbocycles. The van der Waals surface area contributed by atoms with Gasteiger partial charge in [-0.2, -0.15) is 13.2 Å². The molecule has 0 amide bonds. The minimum absolute atomic E-state index is 0. The second-order valence-corrected chi connectivity index (χ2v) is 7.15. The Labute approximate surface area is 199 Å². The number of hydrogen-bond donors (Lipinski definition) is 2. The lowest BCUT2D eigenvalue weighted by atomic mass is 10.1. The summed E-state index contributed by atoms with van der Waals surface area (Å²) in [6.07, 6.45) is -4.34. The normalized spacial score (nSPS) is 11.8. The summed E-state index contributed by atoms with van der Waals surface area (Å²) in [6.45, 7) is 3.32. The van der Waals surface area contributed by atoms with Crippen molar-refractivity contribution in [3.05, 3.63) is 65.2 Å². The molecular weight excluding hydrogens is 520 g/mol. The molecule has 0 atom stereocenters. The van der Waals surface area contributed by atoms with E-state index >= 15 is 0 Å². The first-order valence-electron chi connectivity index (χ1n) is 9.78. The van der Waals surface area contributed by atoms with Crippen LogP contribution in [0.4, 0.5) is 13.2 Å². The highest BCUT2D eigenvalue weighted by Gasteiger charge is 2.28. The van der Waals surface area contributed by atoms with Gasteiger partial charge in [0, 0.05) is 19.6 Å². The molecule has 2 aromatic rings. The number of rotatable bonds is 9. The number of hydrogen-bond acceptors (Lipinski definition) is 3. The molecule has 172 valence electrons. The van der Waals surface area contributed by atoms with Crippen LogP contribution in [-0.2, 0) is 19.6 Å². The van der Waals surface area contributed by atoms with Crippen molar-refractivity contribution in [1.82, 2.24) is 15.5 Å². The largest absolute Gasteiger partial charge is 0.484 e. The Morgan fingerprint density at radius 2 is 1.68 bits per heavy atom. The summed E-state index contributed by atoms with van der Waals surface area (Å²) < 4.78 is 41.4. The topological polar surface area (TPSA) is 48.9 Å². The smallest absolute Gasteiger partial charge is 0.422 e. The highest BCUT2D eigenvalue weighted by Crippen LogP contribution is 2.18. The van der Waals surface area contributed by atoms with Gasteiger partial charge in [0.15, 0.2) is 12.6 Å². The van der Waals surface area contributed by atoms with Crippen LogP contribution in [0.3, 0.4) is 0 Å². The first-order chi connectivity index (χ1) is 14.2. The monoisotopic (exact) mass is 550 g/mol. The summed E-state index contributed by atoms with van der Waals surface area (Å²) in [5.74, 6) is 0.863. The molecule has 31 heavy (non-hydrogen) atoms. The zero-order chi connectivity index (χ0) is 22.0. The number of nitrogens with zero attached hydrogens (tertiary/aromatic N) is 2. The number of alkyl halides is 3. The van der Waals surface area contributed by atoms with Crippen LogP contribution in [-0.4, -0.2) is 44.3 Å². The van der Waals surface area contributed by atoms with Gasteiger partial charge in [-0.3, -0.25) is 0 Å². The summed E-state index contributed by atoms with van der Waals surface area (Å²) in [4.78, 5) is 6.74. The number of aliphatic imine (C=N–C) groups is 1. The highest BCUT2D eigenvalue weighted by atomic mass is 127. The van der Waals surface area contributed by atoms with Gasteiger partial charge in [-0.1, -0.05) is 36.4 Å². The third-order valence-electron chi connectivity index (χ3n) is 4.04. The Hall–Kier alpha value is -2.01. The average Bonchev–Trinajstić information content (AvgIpc) is 2.68. The van der Waals surface area contributed by atoms with Gasteiger partial charge in [0.05, 0.1) is 6.54 Å². The first-order valence-corrected chi connectivity index (χ1v) is 9.78. The Morgan fingerprint density at radius 1 is 1.00 bits per heavy atom. The van der Waals surface area contributed by atoms with Crippen LogP contribution in [0.2, 0.25) is 0 Å². The van der Waals surface area contributed by atoms with E-state index in [1.165, 1.54) is 17.7 Å². The zero-order valence-electron chi connectivity index (χ0n) is 18.0. The minimum atomic E-state index is -4.34. The van der Waals surface area contributed by atoms with E-state index in [0.717, 1.165) is 24.2 Å². The molecule has 2 N–H and O–H groups in total. The molecule has 0 radical (unpaired) electrons. The van der Waals surface area contributed by atoms with Gasteiger partial charge in [0.2, 0.25) is 0 Å². The molecule has 0 spiro atoms. The van der Waals surface area contributed by atoms with Gasteiger partial charge in [-0.15, -0.1) is 24.0 Å². The SMILES string of the molecule is CCNC(=NCc1cccc(CN(C)C)c1)NCc1ccc(OCC(F)(F)F)cc1.I. The zero-order valence-corrected chi connectivity index (χ0v) is 20.3. The third-order valence-corrected chi connectivity index (χ3v) is 4.04. The number of halogens is 4. The van der Waals surface area contributed by atoms with Gasteiger partial charge >= 0.3 is 6.18 Å². The van der Waals surface area contributed by atoms with Crippen molar-refractivity contribution in [2.45, 2.75) is 32.7 Å². The number of guanidine groups is 1. The molecule has 0 heterocycles. The van der Waals surface area contributed by atoms with Crippen LogP contribution in [0.5, 0.6) is 5.75 Å². The van der Waals surface area contributed by atoms with E-state index in [0.29, 0.717) is 19.0 Å². The van der Waals surface area contributed by atoms with Crippen molar-refractivity contribution in [3.63, 3.8) is 0 Å². The molecule has 0 unspecified atom stereocenters. The second-order valence-electron chi connectivity index (χ2n) is 7.15. The van der Waals surface area contributed by atoms with Gasteiger partial charge in [0.1, 0.15) is 5.75 Å². The quantitative estimate of drug-likeness (QED) is 0.273. The first kappa shape index (κ1) is 27.0. The molecule has 0 bridgehead atoms. The minimum Gasteiger partial charge on any atom is -0.484 e. The van der Waals surface area contributed by atoms with E-state index in [2.05, 4.69) is 32.7 Å². The lowest BCUT2D eigenvalue weighted by Gasteiger charge is -2.13. The molecular formula is C22H30F3IN4O. The van der Waals surface area contributed by atoms with Gasteiger partial charge in [-0.25, -0.2) is 4.99 Å². The van der Waals surface area contributed by atoms with Crippen molar-refractivity contribution < 1.29 is 17.9 Å². The molecule has 2 rings (SSSR count). The molecule has 0 saturated heterocycles. The van der Waals surface area contributed by atoms with E-state index in [9.17, 15) is 13.2 Å². The standard InChI is InChI=1S/C22H29F3N4O.HI/c1-4-26-21(28-14-18-6-5-7-19(12-18)15-29(2)3)27-13-17-8-10-20(11-9-17)30-16-22(23,24)25;/h5-12H,4,13-16H2,1-3H3,(H2,26,27,28);1H. The lowest BCUT2D eigenvalue weighted by Crippen LogP contribution is -2.36. The number of nitrogens with one attached hydrogen (secondary N) is 2. The summed E-state index contributed by atoms with van der Waals surface area (Å²) in [5, 5.41) is 6.44. The van der Waals surface area contributed by atoms with E-state index in [4.69, 9.17) is 4.74 Å². The third kappa shape index (κ3) is 11.3. The Kier molecular flexibility index (Phi) is 11.7. The lowest BCUT2D eigenvalue weighted by molar-refractivity contribution is -0.153. The van der Waals surface area contributed by atoms with Crippen molar-refractivity contribution in [2.75, 3.05) is 27.2 Å². The Morgan fingerprint density at radius 3 is 2.29 bits per heavy atom. The van der Waals surface area contributed by atoms with E-state index in [1.54, 1.807) is 12.1 Å². The average molecular weight is 550 g/mol. The van der Waals surface area contributed by atoms with E-state index in [-0.39, 0.29) is 29.7 Å². The fourth-order valence-electron chi connectivity index (χ4n) is 2.76. The van der Waals surface area contributed by atoms with Crippen LogP contribution in [0, 0.1) is 0 Å². The van der Waals surface area contributed by atoms with Crippen LogP contribution in [0.1, 0.15) is 23.6 Å². The van der Waals surface area contributed by atoms with Gasteiger partial charge < -0.3 is 20.3 Å².